The quantitative estimate of drug-likeness (QED) is 0.520. The van der Waals surface area contributed by atoms with Crippen molar-refractivity contribution in [3.8, 4) is 5.75 Å². The molecule has 0 unspecified atom stereocenters. The van der Waals surface area contributed by atoms with Crippen molar-refractivity contribution >= 4 is 19.7 Å². The molecule has 0 aliphatic carbocycles. The Bertz CT molecular complexity index is 361. The van der Waals surface area contributed by atoms with Crippen LogP contribution in [0.2, 0.25) is 0 Å². The topological polar surface area (TPSA) is 69.2 Å². The minimum Gasteiger partial charge on any atom is -0.494 e. The zero-order chi connectivity index (χ0) is 9.19. The molecule has 0 atom stereocenters. The molecule has 12 heavy (non-hydrogen) atoms. The van der Waals surface area contributed by atoms with Crippen molar-refractivity contribution < 1.29 is 13.2 Å². The minimum absolute atomic E-state index is 0.374. The van der Waals surface area contributed by atoms with Gasteiger partial charge in [-0.1, -0.05) is 0 Å². The maximum absolute atomic E-state index is 10.6. The lowest BCUT2D eigenvalue weighted by atomic mass is 10.6. The Morgan fingerprint density at radius 2 is 1.92 bits per heavy atom. The van der Waals surface area contributed by atoms with Crippen molar-refractivity contribution in [2.24, 2.45) is 0 Å². The van der Waals surface area contributed by atoms with Crippen molar-refractivity contribution in [3.05, 3.63) is 12.4 Å². The highest BCUT2D eigenvalue weighted by Gasteiger charge is 2.12. The first kappa shape index (κ1) is 9.21. The number of aromatic nitrogens is 2. The maximum atomic E-state index is 10.6. The van der Waals surface area contributed by atoms with Gasteiger partial charge >= 0.3 is 0 Å². The zero-order valence-corrected chi connectivity index (χ0v) is 7.63. The van der Waals surface area contributed by atoms with Gasteiger partial charge in [0.25, 0.3) is 14.2 Å². The lowest BCUT2D eigenvalue weighted by Crippen LogP contribution is -1.98. The molecule has 5 nitrogen and oxygen atoms in total. The van der Waals surface area contributed by atoms with Gasteiger partial charge in [0.05, 0.1) is 19.5 Å². The largest absolute Gasteiger partial charge is 0.494 e. The first-order valence-electron chi connectivity index (χ1n) is 2.85. The van der Waals surface area contributed by atoms with Crippen molar-refractivity contribution in [1.82, 2.24) is 9.97 Å². The van der Waals surface area contributed by atoms with E-state index in [9.17, 15) is 8.42 Å². The van der Waals surface area contributed by atoms with Crippen LogP contribution in [0.15, 0.2) is 17.6 Å². The fourth-order valence-electron chi connectivity index (χ4n) is 0.536. The van der Waals surface area contributed by atoms with Gasteiger partial charge in [0, 0.05) is 10.7 Å². The number of nitrogens with zero attached hydrogens (tertiary/aromatic N) is 2. The van der Waals surface area contributed by atoms with E-state index in [4.69, 9.17) is 15.4 Å². The summed E-state index contributed by atoms with van der Waals surface area (Å²) in [6, 6.07) is 0. The average Bonchev–Trinajstić information content (AvgIpc) is 2.03. The number of rotatable bonds is 2. The van der Waals surface area contributed by atoms with Gasteiger partial charge in [-0.15, -0.1) is 0 Å². The van der Waals surface area contributed by atoms with Crippen LogP contribution in [-0.4, -0.2) is 25.5 Å². The van der Waals surface area contributed by atoms with Gasteiger partial charge < -0.3 is 4.74 Å². The molecule has 1 aromatic rings. The molecule has 0 spiro atoms. The van der Waals surface area contributed by atoms with Gasteiger partial charge in [0.15, 0.2) is 5.75 Å². The molecular weight excluding hydrogens is 204 g/mol. The van der Waals surface area contributed by atoms with E-state index in [1.807, 2.05) is 0 Å². The second-order valence-electron chi connectivity index (χ2n) is 1.84. The van der Waals surface area contributed by atoms with Crippen LogP contribution in [-0.2, 0) is 9.05 Å². The summed E-state index contributed by atoms with van der Waals surface area (Å²) in [5, 5.41) is -0.426. The first-order valence-corrected chi connectivity index (χ1v) is 5.15. The van der Waals surface area contributed by atoms with Crippen LogP contribution in [0.3, 0.4) is 0 Å². The molecule has 7 heteroatoms. The number of halogens is 1. The van der Waals surface area contributed by atoms with Crippen molar-refractivity contribution in [3.63, 3.8) is 0 Å². The van der Waals surface area contributed by atoms with E-state index in [-0.39, 0.29) is 0 Å². The van der Waals surface area contributed by atoms with Crippen molar-refractivity contribution in [2.45, 2.75) is 5.16 Å². The van der Waals surface area contributed by atoms with Crippen LogP contribution >= 0.6 is 10.7 Å². The molecule has 0 aromatic carbocycles. The molecule has 0 aliphatic heterocycles. The summed E-state index contributed by atoms with van der Waals surface area (Å²) < 4.78 is 26.0. The number of methoxy groups -OCH3 is 1. The molecule has 1 rings (SSSR count). The lowest BCUT2D eigenvalue weighted by Gasteiger charge is -1.97. The van der Waals surface area contributed by atoms with Crippen LogP contribution in [0.1, 0.15) is 0 Å². The van der Waals surface area contributed by atoms with Crippen molar-refractivity contribution in [1.29, 1.82) is 0 Å². The van der Waals surface area contributed by atoms with Crippen LogP contribution < -0.4 is 4.74 Å². The monoisotopic (exact) mass is 208 g/mol. The maximum Gasteiger partial charge on any atom is 0.296 e. The first-order chi connectivity index (χ1) is 5.54. The summed E-state index contributed by atoms with van der Waals surface area (Å²) in [5.74, 6) is 0.374. The molecule has 1 aromatic heterocycles. The summed E-state index contributed by atoms with van der Waals surface area (Å²) >= 11 is 0. The molecule has 0 aliphatic rings. The number of ether oxygens (including phenoxy) is 1. The molecule has 0 saturated carbocycles. The highest BCUT2D eigenvalue weighted by molar-refractivity contribution is 8.13. The standard InChI is InChI=1S/C5H5ClN2O3S/c1-11-4-2-7-5(8-3-4)12(6,9)10/h2-3H,1H3. The smallest absolute Gasteiger partial charge is 0.296 e. The summed E-state index contributed by atoms with van der Waals surface area (Å²) in [6.45, 7) is 0. The van der Waals surface area contributed by atoms with E-state index in [1.165, 1.54) is 19.5 Å². The SMILES string of the molecule is COc1cnc(S(=O)(=O)Cl)nc1. The number of hydrogen-bond donors (Lipinski definition) is 0. The van der Waals surface area contributed by atoms with E-state index in [0.29, 0.717) is 5.75 Å². The second-order valence-corrected chi connectivity index (χ2v) is 4.30. The van der Waals surface area contributed by atoms with Gasteiger partial charge in [0.2, 0.25) is 0 Å². The zero-order valence-electron chi connectivity index (χ0n) is 6.06. The third kappa shape index (κ3) is 2.05. The van der Waals surface area contributed by atoms with E-state index in [2.05, 4.69) is 9.97 Å². The lowest BCUT2D eigenvalue weighted by molar-refractivity contribution is 0.409. The third-order valence-corrected chi connectivity index (χ3v) is 2.12. The van der Waals surface area contributed by atoms with E-state index in [0.717, 1.165) is 0 Å². The highest BCUT2D eigenvalue weighted by Crippen LogP contribution is 2.11. The predicted molar refractivity (Wildman–Crippen MR) is 41.6 cm³/mol. The molecule has 1 heterocycles. The predicted octanol–water partition coefficient (Wildman–Crippen LogP) is 0.413. The van der Waals surface area contributed by atoms with Gasteiger partial charge in [0.1, 0.15) is 0 Å². The van der Waals surface area contributed by atoms with E-state index in [1.54, 1.807) is 0 Å². The van der Waals surface area contributed by atoms with Gasteiger partial charge in [-0.2, -0.15) is 0 Å². The third-order valence-electron chi connectivity index (χ3n) is 1.06. The summed E-state index contributed by atoms with van der Waals surface area (Å²) in [4.78, 5) is 6.93. The fraction of sp³-hybridized carbons (Fsp3) is 0.200. The Labute approximate surface area is 73.8 Å². The van der Waals surface area contributed by atoms with Crippen LogP contribution in [0.4, 0.5) is 0 Å². The van der Waals surface area contributed by atoms with E-state index < -0.39 is 14.2 Å². The Kier molecular flexibility index (Phi) is 2.49. The van der Waals surface area contributed by atoms with Gasteiger partial charge in [-0.3, -0.25) is 0 Å². The van der Waals surface area contributed by atoms with E-state index >= 15 is 0 Å². The highest BCUT2D eigenvalue weighted by atomic mass is 35.7. The molecule has 0 bridgehead atoms. The summed E-state index contributed by atoms with van der Waals surface area (Å²) in [7, 11) is 2.55. The van der Waals surface area contributed by atoms with Crippen LogP contribution in [0, 0.1) is 0 Å². The van der Waals surface area contributed by atoms with Crippen LogP contribution in [0.5, 0.6) is 5.75 Å². The van der Waals surface area contributed by atoms with Crippen molar-refractivity contribution in [2.75, 3.05) is 7.11 Å². The van der Waals surface area contributed by atoms with Gasteiger partial charge in [-0.05, 0) is 0 Å². The Morgan fingerprint density at radius 3 is 2.25 bits per heavy atom. The number of hydrogen-bond acceptors (Lipinski definition) is 5. The average molecular weight is 209 g/mol. The fourth-order valence-corrected chi connectivity index (χ4v) is 1.13. The minimum atomic E-state index is -3.83. The summed E-state index contributed by atoms with van der Waals surface area (Å²) in [5.41, 5.74) is 0. The molecule has 66 valence electrons. The normalized spacial score (nSPS) is 11.2. The Balaban J connectivity index is 3.09. The molecule has 0 fully saturated rings. The van der Waals surface area contributed by atoms with Gasteiger partial charge in [-0.25, -0.2) is 18.4 Å². The summed E-state index contributed by atoms with van der Waals surface area (Å²) in [6.07, 6.45) is 2.45. The molecule has 0 N–H and O–H groups in total. The molecule has 0 amide bonds. The second kappa shape index (κ2) is 3.24. The molecule has 0 radical (unpaired) electrons. The van der Waals surface area contributed by atoms with Crippen LogP contribution in [0.25, 0.3) is 0 Å². The molecule has 0 saturated heterocycles. The molecular formula is C5H5ClN2O3S. The Hall–Kier alpha value is -0.880. The Morgan fingerprint density at radius 1 is 1.42 bits per heavy atom.